The lowest BCUT2D eigenvalue weighted by Crippen LogP contribution is -2.33. The minimum atomic E-state index is -0.329. The maximum absolute atomic E-state index is 12.0. The molecule has 2 aromatic rings. The minimum Gasteiger partial charge on any atom is -0.296 e. The molecule has 2 N–H and O–H groups in total. The van der Waals surface area contributed by atoms with Gasteiger partial charge in [0.1, 0.15) is 6.54 Å². The number of nitrogens with one attached hydrogen (secondary N) is 2. The van der Waals surface area contributed by atoms with E-state index in [1.54, 1.807) is 13.8 Å². The first-order chi connectivity index (χ1) is 10.3. The third kappa shape index (κ3) is 3.79. The zero-order valence-electron chi connectivity index (χ0n) is 11.7. The van der Waals surface area contributed by atoms with Gasteiger partial charge in [0.25, 0.3) is 5.91 Å². The van der Waals surface area contributed by atoms with E-state index in [1.165, 1.54) is 16.8 Å². The molecule has 5 nitrogen and oxygen atoms in total. The van der Waals surface area contributed by atoms with E-state index in [0.717, 1.165) is 5.69 Å². The van der Waals surface area contributed by atoms with Crippen LogP contribution in [0.5, 0.6) is 0 Å². The standard InChI is InChI=1S/C13H12Cl4N4O/c1-6-12(17)7(2)21(20-6)5-11(22)18-19-13-9(15)3-8(14)4-10(13)16/h3-4,19H,5H2,1-2H3,(H,18,22). The van der Waals surface area contributed by atoms with Crippen LogP contribution in [0.1, 0.15) is 11.4 Å². The van der Waals surface area contributed by atoms with Crippen LogP contribution >= 0.6 is 46.4 Å². The van der Waals surface area contributed by atoms with Gasteiger partial charge in [-0.2, -0.15) is 5.10 Å². The number of hydrogen-bond donors (Lipinski definition) is 2. The Bertz CT molecular complexity index is 706. The highest BCUT2D eigenvalue weighted by atomic mass is 35.5. The van der Waals surface area contributed by atoms with E-state index in [-0.39, 0.29) is 12.5 Å². The zero-order valence-corrected chi connectivity index (χ0v) is 14.7. The molecule has 9 heteroatoms. The average molecular weight is 382 g/mol. The molecular formula is C13H12Cl4N4O. The van der Waals surface area contributed by atoms with E-state index >= 15 is 0 Å². The van der Waals surface area contributed by atoms with Crippen molar-refractivity contribution in [2.45, 2.75) is 20.4 Å². The maximum atomic E-state index is 12.0. The predicted octanol–water partition coefficient (Wildman–Crippen LogP) is 4.26. The van der Waals surface area contributed by atoms with Crippen molar-refractivity contribution in [3.8, 4) is 0 Å². The van der Waals surface area contributed by atoms with E-state index in [0.29, 0.717) is 31.5 Å². The Balaban J connectivity index is 2.03. The van der Waals surface area contributed by atoms with E-state index in [9.17, 15) is 4.79 Å². The summed E-state index contributed by atoms with van der Waals surface area (Å²) in [6.07, 6.45) is 0. The number of amides is 1. The lowest BCUT2D eigenvalue weighted by atomic mass is 10.3. The molecule has 0 saturated carbocycles. The number of aromatic nitrogens is 2. The lowest BCUT2D eigenvalue weighted by Gasteiger charge is -2.12. The van der Waals surface area contributed by atoms with Gasteiger partial charge in [-0.3, -0.25) is 20.3 Å². The number of hydrazine groups is 1. The van der Waals surface area contributed by atoms with Crippen LogP contribution in [-0.2, 0) is 11.3 Å². The van der Waals surface area contributed by atoms with Crippen molar-refractivity contribution in [1.82, 2.24) is 15.2 Å². The smallest absolute Gasteiger partial charge is 0.260 e. The van der Waals surface area contributed by atoms with Crippen molar-refractivity contribution in [3.63, 3.8) is 0 Å². The van der Waals surface area contributed by atoms with Gasteiger partial charge in [0, 0.05) is 5.02 Å². The fourth-order valence-electron chi connectivity index (χ4n) is 1.80. The van der Waals surface area contributed by atoms with Crippen molar-refractivity contribution in [1.29, 1.82) is 0 Å². The van der Waals surface area contributed by atoms with Gasteiger partial charge in [0.2, 0.25) is 0 Å². The van der Waals surface area contributed by atoms with E-state index in [1.807, 2.05) is 0 Å². The summed E-state index contributed by atoms with van der Waals surface area (Å²) < 4.78 is 1.51. The predicted molar refractivity (Wildman–Crippen MR) is 89.9 cm³/mol. The van der Waals surface area contributed by atoms with Gasteiger partial charge in [0.05, 0.1) is 32.1 Å². The molecule has 1 aromatic heterocycles. The molecule has 0 aliphatic carbocycles. The van der Waals surface area contributed by atoms with E-state index in [4.69, 9.17) is 46.4 Å². The fraction of sp³-hybridized carbons (Fsp3) is 0.231. The molecular weight excluding hydrogens is 370 g/mol. The number of aryl methyl sites for hydroxylation is 1. The highest BCUT2D eigenvalue weighted by molar-refractivity contribution is 6.41. The number of benzene rings is 1. The molecule has 0 radical (unpaired) electrons. The Morgan fingerprint density at radius 2 is 1.77 bits per heavy atom. The van der Waals surface area contributed by atoms with Crippen molar-refractivity contribution in [2.75, 3.05) is 5.43 Å². The Hall–Kier alpha value is -1.14. The van der Waals surface area contributed by atoms with Crippen LogP contribution < -0.4 is 10.9 Å². The second-order valence-electron chi connectivity index (χ2n) is 4.56. The molecule has 0 bridgehead atoms. The van der Waals surface area contributed by atoms with Gasteiger partial charge in [-0.15, -0.1) is 0 Å². The van der Waals surface area contributed by atoms with Gasteiger partial charge in [-0.1, -0.05) is 46.4 Å². The quantitative estimate of drug-likeness (QED) is 0.778. The Labute approximate surface area is 147 Å². The van der Waals surface area contributed by atoms with Crippen LogP contribution in [0.15, 0.2) is 12.1 Å². The summed E-state index contributed by atoms with van der Waals surface area (Å²) in [5.41, 5.74) is 6.93. The van der Waals surface area contributed by atoms with Crippen LogP contribution in [0, 0.1) is 13.8 Å². The van der Waals surface area contributed by atoms with Crippen molar-refractivity contribution >= 4 is 58.0 Å². The molecule has 0 aliphatic rings. The van der Waals surface area contributed by atoms with Gasteiger partial charge in [-0.25, -0.2) is 0 Å². The molecule has 0 fully saturated rings. The molecule has 1 aromatic carbocycles. The van der Waals surface area contributed by atoms with Crippen LogP contribution in [0.25, 0.3) is 0 Å². The second kappa shape index (κ2) is 6.96. The Kier molecular flexibility index (Phi) is 5.45. The number of rotatable bonds is 4. The third-order valence-corrected chi connectivity index (χ3v) is 4.28. The minimum absolute atomic E-state index is 0.00915. The summed E-state index contributed by atoms with van der Waals surface area (Å²) in [4.78, 5) is 12.0. The first kappa shape index (κ1) is 17.2. The summed E-state index contributed by atoms with van der Waals surface area (Å²) in [6.45, 7) is 3.57. The number of carbonyl (C=O) groups excluding carboxylic acids is 1. The molecule has 1 amide bonds. The lowest BCUT2D eigenvalue weighted by molar-refractivity contribution is -0.121. The second-order valence-corrected chi connectivity index (χ2v) is 6.19. The molecule has 0 unspecified atom stereocenters. The Morgan fingerprint density at radius 3 is 2.27 bits per heavy atom. The van der Waals surface area contributed by atoms with Crippen molar-refractivity contribution < 1.29 is 4.79 Å². The zero-order chi connectivity index (χ0) is 16.4. The summed E-state index contributed by atoms with van der Waals surface area (Å²) in [5.74, 6) is -0.329. The van der Waals surface area contributed by atoms with Crippen LogP contribution in [-0.4, -0.2) is 15.7 Å². The molecule has 1 heterocycles. The molecule has 0 saturated heterocycles. The average Bonchev–Trinajstić information content (AvgIpc) is 2.65. The van der Waals surface area contributed by atoms with Crippen molar-refractivity contribution in [2.24, 2.45) is 0 Å². The highest BCUT2D eigenvalue weighted by Crippen LogP contribution is 2.33. The Morgan fingerprint density at radius 1 is 1.18 bits per heavy atom. The van der Waals surface area contributed by atoms with E-state index in [2.05, 4.69) is 16.0 Å². The summed E-state index contributed by atoms with van der Waals surface area (Å²) in [6, 6.07) is 3.04. The number of hydrogen-bond acceptors (Lipinski definition) is 3. The largest absolute Gasteiger partial charge is 0.296 e. The van der Waals surface area contributed by atoms with E-state index < -0.39 is 0 Å². The monoisotopic (exact) mass is 380 g/mol. The molecule has 0 aliphatic heterocycles. The summed E-state index contributed by atoms with van der Waals surface area (Å²) >= 11 is 23.9. The maximum Gasteiger partial charge on any atom is 0.260 e. The summed E-state index contributed by atoms with van der Waals surface area (Å²) in [7, 11) is 0. The topological polar surface area (TPSA) is 59.0 Å². The molecule has 0 atom stereocenters. The molecule has 118 valence electrons. The molecule has 22 heavy (non-hydrogen) atoms. The van der Waals surface area contributed by atoms with Crippen LogP contribution in [0.3, 0.4) is 0 Å². The first-order valence-electron chi connectivity index (χ1n) is 6.18. The number of nitrogens with zero attached hydrogens (tertiary/aromatic N) is 2. The third-order valence-electron chi connectivity index (χ3n) is 2.92. The number of anilines is 1. The fourth-order valence-corrected chi connectivity index (χ4v) is 2.85. The highest BCUT2D eigenvalue weighted by Gasteiger charge is 2.13. The molecule has 0 spiro atoms. The van der Waals surface area contributed by atoms with Gasteiger partial charge in [-0.05, 0) is 26.0 Å². The van der Waals surface area contributed by atoms with Crippen LogP contribution in [0.4, 0.5) is 5.69 Å². The van der Waals surface area contributed by atoms with Gasteiger partial charge < -0.3 is 0 Å². The van der Waals surface area contributed by atoms with Crippen LogP contribution in [0.2, 0.25) is 20.1 Å². The van der Waals surface area contributed by atoms with Gasteiger partial charge in [0.15, 0.2) is 0 Å². The summed E-state index contributed by atoms with van der Waals surface area (Å²) in [5, 5.41) is 5.73. The first-order valence-corrected chi connectivity index (χ1v) is 7.69. The SMILES string of the molecule is Cc1nn(CC(=O)NNc2c(Cl)cc(Cl)cc2Cl)c(C)c1Cl. The molecule has 2 rings (SSSR count). The van der Waals surface area contributed by atoms with Gasteiger partial charge >= 0.3 is 0 Å². The van der Waals surface area contributed by atoms with Crippen molar-refractivity contribution in [3.05, 3.63) is 43.6 Å². The normalized spacial score (nSPS) is 10.6. The number of carbonyl (C=O) groups is 1. The number of halogens is 4.